The molecular weight excluding hydrogens is 272 g/mol. The summed E-state index contributed by atoms with van der Waals surface area (Å²) >= 11 is 0. The molecule has 1 atom stereocenters. The Morgan fingerprint density at radius 1 is 1.38 bits per heavy atom. The zero-order valence-corrected chi connectivity index (χ0v) is 11.5. The number of rotatable bonds is 2. The van der Waals surface area contributed by atoms with Gasteiger partial charge in [0.05, 0.1) is 0 Å². The molecule has 0 spiro atoms. The van der Waals surface area contributed by atoms with Crippen molar-refractivity contribution in [3.05, 3.63) is 36.1 Å². The molecule has 2 aromatic rings. The minimum atomic E-state index is -0.650. The predicted molar refractivity (Wildman–Crippen MR) is 74.5 cm³/mol. The van der Waals surface area contributed by atoms with Crippen LogP contribution in [0.5, 0.6) is 0 Å². The first kappa shape index (κ1) is 13.4. The number of nitrogens with zero attached hydrogens (tertiary/aromatic N) is 1. The second-order valence-electron chi connectivity index (χ2n) is 4.92. The maximum absolute atomic E-state index is 12.5. The third kappa shape index (κ3) is 2.29. The smallest absolute Gasteiger partial charge is 0.290 e. The van der Waals surface area contributed by atoms with E-state index in [0.29, 0.717) is 12.0 Å². The lowest BCUT2D eigenvalue weighted by atomic mass is 10.1. The van der Waals surface area contributed by atoms with Crippen molar-refractivity contribution < 1.29 is 18.8 Å². The van der Waals surface area contributed by atoms with E-state index in [4.69, 9.17) is 4.42 Å². The van der Waals surface area contributed by atoms with Gasteiger partial charge < -0.3 is 9.32 Å². The number of amides is 3. The number of benzene rings is 1. The van der Waals surface area contributed by atoms with Crippen LogP contribution in [-0.4, -0.2) is 35.2 Å². The second-order valence-corrected chi connectivity index (χ2v) is 4.92. The number of carbonyl (C=O) groups is 3. The van der Waals surface area contributed by atoms with Gasteiger partial charge in [-0.05, 0) is 18.6 Å². The number of piperazine rings is 1. The van der Waals surface area contributed by atoms with Crippen molar-refractivity contribution in [3.63, 3.8) is 0 Å². The number of carbonyl (C=O) groups excluding carboxylic acids is 3. The van der Waals surface area contributed by atoms with Crippen molar-refractivity contribution in [3.8, 4) is 0 Å². The SMILES string of the molecule is CCC1C(=O)NC(=O)CN1C(=O)c1cc2ccccc2o1. The van der Waals surface area contributed by atoms with Gasteiger partial charge in [-0.25, -0.2) is 0 Å². The summed E-state index contributed by atoms with van der Waals surface area (Å²) in [6.45, 7) is 1.65. The Kier molecular flexibility index (Phi) is 3.21. The number of hydrogen-bond donors (Lipinski definition) is 1. The number of nitrogens with one attached hydrogen (secondary N) is 1. The van der Waals surface area contributed by atoms with Crippen LogP contribution in [0.15, 0.2) is 34.7 Å². The number of imide groups is 1. The molecule has 3 amide bonds. The standard InChI is InChI=1S/C15H14N2O4/c1-2-10-14(19)16-13(18)8-17(10)15(20)12-7-9-5-3-4-6-11(9)21-12/h3-7,10H,2,8H2,1H3,(H,16,18,19). The summed E-state index contributed by atoms with van der Waals surface area (Å²) in [6, 6.07) is 8.23. The normalized spacial score (nSPS) is 18.9. The molecule has 0 saturated carbocycles. The van der Waals surface area contributed by atoms with Gasteiger partial charge in [-0.1, -0.05) is 25.1 Å². The van der Waals surface area contributed by atoms with E-state index in [1.54, 1.807) is 19.1 Å². The Balaban J connectivity index is 1.95. The zero-order valence-electron chi connectivity index (χ0n) is 11.5. The van der Waals surface area contributed by atoms with Gasteiger partial charge in [-0.2, -0.15) is 0 Å². The average Bonchev–Trinajstić information content (AvgIpc) is 2.89. The van der Waals surface area contributed by atoms with E-state index in [0.717, 1.165) is 5.39 Å². The molecule has 3 rings (SSSR count). The van der Waals surface area contributed by atoms with E-state index in [1.165, 1.54) is 4.90 Å². The summed E-state index contributed by atoms with van der Waals surface area (Å²) in [5.74, 6) is -1.23. The topological polar surface area (TPSA) is 79.6 Å². The molecule has 0 bridgehead atoms. The molecule has 21 heavy (non-hydrogen) atoms. The van der Waals surface area contributed by atoms with Crippen molar-refractivity contribution in [1.29, 1.82) is 0 Å². The van der Waals surface area contributed by atoms with E-state index in [-0.39, 0.29) is 12.3 Å². The highest BCUT2D eigenvalue weighted by Crippen LogP contribution is 2.22. The monoisotopic (exact) mass is 286 g/mol. The molecule has 1 N–H and O–H groups in total. The summed E-state index contributed by atoms with van der Waals surface area (Å²) in [7, 11) is 0. The number of furan rings is 1. The molecule has 1 aliphatic rings. The highest BCUT2D eigenvalue weighted by Gasteiger charge is 2.36. The van der Waals surface area contributed by atoms with Gasteiger partial charge in [0.2, 0.25) is 11.8 Å². The molecule has 6 nitrogen and oxygen atoms in total. The summed E-state index contributed by atoms with van der Waals surface area (Å²) < 4.78 is 5.51. The molecule has 0 aliphatic carbocycles. The molecular formula is C15H14N2O4. The van der Waals surface area contributed by atoms with Crippen LogP contribution in [0, 0.1) is 0 Å². The first-order valence-corrected chi connectivity index (χ1v) is 6.73. The first-order valence-electron chi connectivity index (χ1n) is 6.73. The molecule has 6 heteroatoms. The minimum Gasteiger partial charge on any atom is -0.451 e. The number of hydrogen-bond acceptors (Lipinski definition) is 4. The third-order valence-electron chi connectivity index (χ3n) is 3.54. The third-order valence-corrected chi connectivity index (χ3v) is 3.54. The van der Waals surface area contributed by atoms with Crippen LogP contribution >= 0.6 is 0 Å². The largest absolute Gasteiger partial charge is 0.451 e. The summed E-state index contributed by atoms with van der Waals surface area (Å²) in [6.07, 6.45) is 0.436. The van der Waals surface area contributed by atoms with E-state index >= 15 is 0 Å². The van der Waals surface area contributed by atoms with Crippen LogP contribution in [0.4, 0.5) is 0 Å². The van der Waals surface area contributed by atoms with Crippen LogP contribution in [0.1, 0.15) is 23.9 Å². The zero-order chi connectivity index (χ0) is 15.0. The molecule has 1 unspecified atom stereocenters. The Bertz CT molecular complexity index is 701. The van der Waals surface area contributed by atoms with Crippen molar-refractivity contribution in [1.82, 2.24) is 10.2 Å². The summed E-state index contributed by atoms with van der Waals surface area (Å²) in [5, 5.41) is 3.05. The van der Waals surface area contributed by atoms with Crippen LogP contribution in [0.25, 0.3) is 11.0 Å². The van der Waals surface area contributed by atoms with Crippen molar-refractivity contribution in [2.24, 2.45) is 0 Å². The van der Waals surface area contributed by atoms with Crippen LogP contribution in [0.2, 0.25) is 0 Å². The van der Waals surface area contributed by atoms with Gasteiger partial charge in [-0.3, -0.25) is 19.7 Å². The van der Waals surface area contributed by atoms with Gasteiger partial charge >= 0.3 is 0 Å². The van der Waals surface area contributed by atoms with E-state index in [1.807, 2.05) is 18.2 Å². The molecule has 0 radical (unpaired) electrons. The maximum atomic E-state index is 12.5. The quantitative estimate of drug-likeness (QED) is 0.844. The Morgan fingerprint density at radius 2 is 2.14 bits per heavy atom. The fourth-order valence-electron chi connectivity index (χ4n) is 2.51. The fourth-order valence-corrected chi connectivity index (χ4v) is 2.51. The molecule has 108 valence electrons. The van der Waals surface area contributed by atoms with Crippen molar-refractivity contribution in [2.45, 2.75) is 19.4 Å². The van der Waals surface area contributed by atoms with Gasteiger partial charge in [0.25, 0.3) is 5.91 Å². The Labute approximate surface area is 120 Å². The molecule has 1 fully saturated rings. The highest BCUT2D eigenvalue weighted by atomic mass is 16.3. The lowest BCUT2D eigenvalue weighted by Gasteiger charge is -2.32. The predicted octanol–water partition coefficient (Wildman–Crippen LogP) is 1.31. The van der Waals surface area contributed by atoms with Crippen LogP contribution in [-0.2, 0) is 9.59 Å². The Morgan fingerprint density at radius 3 is 2.86 bits per heavy atom. The average molecular weight is 286 g/mol. The highest BCUT2D eigenvalue weighted by molar-refractivity contribution is 6.07. The Hall–Kier alpha value is -2.63. The molecule has 1 saturated heterocycles. The fraction of sp³-hybridized carbons (Fsp3) is 0.267. The van der Waals surface area contributed by atoms with Crippen LogP contribution in [0.3, 0.4) is 0 Å². The first-order chi connectivity index (χ1) is 10.1. The maximum Gasteiger partial charge on any atom is 0.290 e. The molecule has 1 aliphatic heterocycles. The second kappa shape index (κ2) is 5.05. The molecule has 1 aromatic heterocycles. The minimum absolute atomic E-state index is 0.136. The van der Waals surface area contributed by atoms with Gasteiger partial charge in [0.1, 0.15) is 18.2 Å². The van der Waals surface area contributed by atoms with Crippen LogP contribution < -0.4 is 5.32 Å². The lowest BCUT2D eigenvalue weighted by Crippen LogP contribution is -2.59. The van der Waals surface area contributed by atoms with Gasteiger partial charge in [0, 0.05) is 5.39 Å². The van der Waals surface area contributed by atoms with Crippen molar-refractivity contribution in [2.75, 3.05) is 6.54 Å². The van der Waals surface area contributed by atoms with E-state index in [9.17, 15) is 14.4 Å². The van der Waals surface area contributed by atoms with Gasteiger partial charge in [0.15, 0.2) is 5.76 Å². The number of fused-ring (bicyclic) bond motifs is 1. The summed E-state index contributed by atoms with van der Waals surface area (Å²) in [4.78, 5) is 37.1. The van der Waals surface area contributed by atoms with Gasteiger partial charge in [-0.15, -0.1) is 0 Å². The summed E-state index contributed by atoms with van der Waals surface area (Å²) in [5.41, 5.74) is 0.599. The lowest BCUT2D eigenvalue weighted by molar-refractivity contribution is -0.138. The molecule has 2 heterocycles. The number of para-hydroxylation sites is 1. The van der Waals surface area contributed by atoms with E-state index in [2.05, 4.69) is 5.32 Å². The molecule has 1 aromatic carbocycles. The van der Waals surface area contributed by atoms with E-state index < -0.39 is 23.8 Å². The van der Waals surface area contributed by atoms with Crippen molar-refractivity contribution >= 4 is 28.7 Å².